The number of carbonyl (C=O) groups is 2. The summed E-state index contributed by atoms with van der Waals surface area (Å²) < 4.78 is 5.16. The Kier molecular flexibility index (Phi) is 8.12. The number of nitrogens with one attached hydrogen (secondary N) is 1. The number of hydrogen-bond donors (Lipinski definition) is 1. The maximum Gasteiger partial charge on any atom is 0.242 e. The van der Waals surface area contributed by atoms with E-state index in [1.807, 2.05) is 38.1 Å². The minimum absolute atomic E-state index is 0.0898. The highest BCUT2D eigenvalue weighted by molar-refractivity contribution is 8.15. The molecule has 1 atom stereocenters. The maximum absolute atomic E-state index is 13.0. The van der Waals surface area contributed by atoms with Crippen LogP contribution in [0.4, 0.5) is 5.69 Å². The molecule has 1 aliphatic heterocycles. The summed E-state index contributed by atoms with van der Waals surface area (Å²) in [5.74, 6) is -0.299. The summed E-state index contributed by atoms with van der Waals surface area (Å²) in [7, 11) is 1.59. The first kappa shape index (κ1) is 23.3. The van der Waals surface area contributed by atoms with Crippen molar-refractivity contribution in [2.24, 2.45) is 4.99 Å². The van der Waals surface area contributed by atoms with E-state index in [9.17, 15) is 9.59 Å². The van der Waals surface area contributed by atoms with Crippen LogP contribution in [-0.4, -0.2) is 47.4 Å². The zero-order valence-corrected chi connectivity index (χ0v) is 19.4. The highest BCUT2D eigenvalue weighted by atomic mass is 35.5. The highest BCUT2D eigenvalue weighted by Crippen LogP contribution is 2.32. The molecule has 8 heteroatoms. The smallest absolute Gasteiger partial charge is 0.242 e. The molecule has 0 radical (unpaired) electrons. The second kappa shape index (κ2) is 10.8. The number of hydrogen-bond acceptors (Lipinski definition) is 5. The third kappa shape index (κ3) is 6.32. The molecular weight excluding hydrogens is 434 g/mol. The van der Waals surface area contributed by atoms with E-state index in [1.54, 1.807) is 24.1 Å². The van der Waals surface area contributed by atoms with Gasteiger partial charge in [-0.25, -0.2) is 4.99 Å². The van der Waals surface area contributed by atoms with Crippen LogP contribution in [0.15, 0.2) is 47.5 Å². The van der Waals surface area contributed by atoms with E-state index in [0.717, 1.165) is 22.4 Å². The summed E-state index contributed by atoms with van der Waals surface area (Å²) in [6.45, 7) is 5.21. The van der Waals surface area contributed by atoms with E-state index in [0.29, 0.717) is 29.9 Å². The SMILES string of the molecule is COCCN1C(=O)[C@@H](CC(=O)NCc2ccc(Cl)cc2)SC1=Nc1ccc(C)cc1C. The fourth-order valence-electron chi connectivity index (χ4n) is 3.19. The van der Waals surface area contributed by atoms with Crippen molar-refractivity contribution in [3.05, 3.63) is 64.2 Å². The monoisotopic (exact) mass is 459 g/mol. The van der Waals surface area contributed by atoms with Crippen molar-refractivity contribution in [1.29, 1.82) is 0 Å². The zero-order valence-electron chi connectivity index (χ0n) is 17.9. The number of aryl methyl sites for hydroxylation is 2. The van der Waals surface area contributed by atoms with Gasteiger partial charge in [0.1, 0.15) is 5.25 Å². The van der Waals surface area contributed by atoms with Gasteiger partial charge in [-0.1, -0.05) is 53.2 Å². The fraction of sp³-hybridized carbons (Fsp3) is 0.348. The number of amides is 2. The molecule has 1 heterocycles. The average molecular weight is 460 g/mol. The molecule has 0 aromatic heterocycles. The number of nitrogens with zero attached hydrogens (tertiary/aromatic N) is 2. The summed E-state index contributed by atoms with van der Waals surface area (Å²) in [6.07, 6.45) is 0.0898. The number of carbonyl (C=O) groups excluding carboxylic acids is 2. The summed E-state index contributed by atoms with van der Waals surface area (Å²) in [4.78, 5) is 31.8. The molecule has 0 bridgehead atoms. The van der Waals surface area contributed by atoms with Crippen LogP contribution in [-0.2, 0) is 20.9 Å². The van der Waals surface area contributed by atoms with Gasteiger partial charge < -0.3 is 10.1 Å². The second-order valence-corrected chi connectivity index (χ2v) is 8.99. The lowest BCUT2D eigenvalue weighted by Gasteiger charge is -2.16. The van der Waals surface area contributed by atoms with Crippen LogP contribution in [0.3, 0.4) is 0 Å². The summed E-state index contributed by atoms with van der Waals surface area (Å²) >= 11 is 7.22. The van der Waals surface area contributed by atoms with E-state index in [4.69, 9.17) is 21.3 Å². The number of aliphatic imine (C=N–C) groups is 1. The molecule has 6 nitrogen and oxygen atoms in total. The van der Waals surface area contributed by atoms with E-state index in [-0.39, 0.29) is 18.2 Å². The molecule has 0 unspecified atom stereocenters. The average Bonchev–Trinajstić information content (AvgIpc) is 3.02. The lowest BCUT2D eigenvalue weighted by molar-refractivity contribution is -0.129. The van der Waals surface area contributed by atoms with Gasteiger partial charge in [-0.2, -0.15) is 0 Å². The number of halogens is 1. The quantitative estimate of drug-likeness (QED) is 0.640. The van der Waals surface area contributed by atoms with Crippen LogP contribution >= 0.6 is 23.4 Å². The number of benzene rings is 2. The first-order chi connectivity index (χ1) is 14.9. The topological polar surface area (TPSA) is 71.0 Å². The summed E-state index contributed by atoms with van der Waals surface area (Å²) in [6, 6.07) is 13.3. The van der Waals surface area contributed by atoms with Gasteiger partial charge in [0.25, 0.3) is 0 Å². The highest BCUT2D eigenvalue weighted by Gasteiger charge is 2.39. The molecule has 1 saturated heterocycles. The Morgan fingerprint density at radius 1 is 1.23 bits per heavy atom. The lowest BCUT2D eigenvalue weighted by atomic mass is 10.1. The second-order valence-electron chi connectivity index (χ2n) is 7.38. The molecule has 2 aromatic rings. The maximum atomic E-state index is 13.0. The van der Waals surface area contributed by atoms with E-state index < -0.39 is 5.25 Å². The molecule has 1 aliphatic rings. The number of amidine groups is 1. The molecule has 31 heavy (non-hydrogen) atoms. The van der Waals surface area contributed by atoms with Gasteiger partial charge in [-0.15, -0.1) is 0 Å². The van der Waals surface area contributed by atoms with Crippen LogP contribution in [0.5, 0.6) is 0 Å². The predicted octanol–water partition coefficient (Wildman–Crippen LogP) is 4.24. The van der Waals surface area contributed by atoms with E-state index >= 15 is 0 Å². The van der Waals surface area contributed by atoms with Crippen LogP contribution in [0.2, 0.25) is 5.02 Å². The summed E-state index contributed by atoms with van der Waals surface area (Å²) in [5, 5.41) is 3.61. The van der Waals surface area contributed by atoms with Crippen molar-refractivity contribution in [2.75, 3.05) is 20.3 Å². The van der Waals surface area contributed by atoms with Crippen molar-refractivity contribution in [3.63, 3.8) is 0 Å². The van der Waals surface area contributed by atoms with Crippen molar-refractivity contribution >= 4 is 46.0 Å². The molecule has 0 aliphatic carbocycles. The normalized spacial score (nSPS) is 17.4. The minimum Gasteiger partial charge on any atom is -0.383 e. The van der Waals surface area contributed by atoms with Crippen LogP contribution in [0, 0.1) is 13.8 Å². The van der Waals surface area contributed by atoms with E-state index in [1.165, 1.54) is 11.8 Å². The number of ether oxygens (including phenoxy) is 1. The number of rotatable bonds is 8. The first-order valence-corrected chi connectivity index (χ1v) is 11.3. The Labute approximate surface area is 192 Å². The third-order valence-electron chi connectivity index (χ3n) is 4.88. The van der Waals surface area contributed by atoms with Gasteiger partial charge in [-0.3, -0.25) is 14.5 Å². The van der Waals surface area contributed by atoms with Gasteiger partial charge in [0.2, 0.25) is 11.8 Å². The van der Waals surface area contributed by atoms with Crippen molar-refractivity contribution in [3.8, 4) is 0 Å². The predicted molar refractivity (Wildman–Crippen MR) is 126 cm³/mol. The zero-order chi connectivity index (χ0) is 22.4. The lowest BCUT2D eigenvalue weighted by Crippen LogP contribution is -2.36. The Balaban J connectivity index is 1.69. The minimum atomic E-state index is -0.508. The molecule has 3 rings (SSSR count). The van der Waals surface area contributed by atoms with Gasteiger partial charge in [0, 0.05) is 25.1 Å². The molecule has 1 N–H and O–H groups in total. The standard InChI is InChI=1S/C23H26ClN3O3S/c1-15-4-9-19(16(2)12-15)26-23-27(10-11-30-3)22(29)20(31-23)13-21(28)25-14-17-5-7-18(24)8-6-17/h4-9,12,20H,10-11,13-14H2,1-3H3,(H,25,28)/t20-/m1/s1. The Hall–Kier alpha value is -2.35. The molecule has 2 amide bonds. The van der Waals surface area contributed by atoms with Crippen LogP contribution in [0.25, 0.3) is 0 Å². The summed E-state index contributed by atoms with van der Waals surface area (Å²) in [5.41, 5.74) is 3.96. The van der Waals surface area contributed by atoms with Crippen molar-refractivity contribution < 1.29 is 14.3 Å². The molecular formula is C23H26ClN3O3S. The van der Waals surface area contributed by atoms with Crippen molar-refractivity contribution in [1.82, 2.24) is 10.2 Å². The Morgan fingerprint density at radius 3 is 2.65 bits per heavy atom. The van der Waals surface area contributed by atoms with Gasteiger partial charge >= 0.3 is 0 Å². The van der Waals surface area contributed by atoms with Gasteiger partial charge in [-0.05, 0) is 43.2 Å². The Morgan fingerprint density at radius 2 is 1.97 bits per heavy atom. The van der Waals surface area contributed by atoms with Gasteiger partial charge in [0.15, 0.2) is 5.17 Å². The molecule has 0 spiro atoms. The Bertz CT molecular complexity index is 979. The van der Waals surface area contributed by atoms with Crippen molar-refractivity contribution in [2.45, 2.75) is 32.1 Å². The van der Waals surface area contributed by atoms with Gasteiger partial charge in [0.05, 0.1) is 18.8 Å². The third-order valence-corrected chi connectivity index (χ3v) is 6.31. The van der Waals surface area contributed by atoms with E-state index in [2.05, 4.69) is 11.4 Å². The van der Waals surface area contributed by atoms with Crippen LogP contribution in [0.1, 0.15) is 23.1 Å². The molecule has 0 saturated carbocycles. The van der Waals surface area contributed by atoms with Crippen LogP contribution < -0.4 is 5.32 Å². The largest absolute Gasteiger partial charge is 0.383 e. The fourth-order valence-corrected chi connectivity index (χ4v) is 4.49. The number of methoxy groups -OCH3 is 1. The molecule has 1 fully saturated rings. The molecule has 164 valence electrons. The number of thioether (sulfide) groups is 1. The molecule has 2 aromatic carbocycles. The first-order valence-electron chi connectivity index (χ1n) is 10.0.